The quantitative estimate of drug-likeness (QED) is 0.768. The van der Waals surface area contributed by atoms with Crippen LogP contribution in [-0.2, 0) is 21.2 Å². The maximum absolute atomic E-state index is 12.6. The van der Waals surface area contributed by atoms with Crippen LogP contribution in [0, 0.1) is 6.92 Å². The van der Waals surface area contributed by atoms with E-state index in [2.05, 4.69) is 0 Å². The molecule has 1 fully saturated rings. The molecule has 1 aromatic carbocycles. The molecule has 0 radical (unpaired) electrons. The highest BCUT2D eigenvalue weighted by Crippen LogP contribution is 2.19. The van der Waals surface area contributed by atoms with E-state index in [4.69, 9.17) is 4.74 Å². The molecule has 0 spiro atoms. The number of carbonyl (C=O) groups is 1. The van der Waals surface area contributed by atoms with E-state index in [0.717, 1.165) is 16.9 Å². The minimum Gasteiger partial charge on any atom is -0.496 e. The minimum absolute atomic E-state index is 0.0410. The number of ether oxygens (including phenoxy) is 1. The van der Waals surface area contributed by atoms with Gasteiger partial charge in [0.05, 0.1) is 19.3 Å². The van der Waals surface area contributed by atoms with Gasteiger partial charge in [0.25, 0.3) is 0 Å². The summed E-state index contributed by atoms with van der Waals surface area (Å²) in [4.78, 5) is 14.4. The van der Waals surface area contributed by atoms with Crippen molar-refractivity contribution >= 4 is 15.9 Å². The van der Waals surface area contributed by atoms with Crippen LogP contribution in [0.2, 0.25) is 0 Å². The molecular weight excluding hydrogens is 340 g/mol. The number of nitrogens with zero attached hydrogens (tertiary/aromatic N) is 2. The van der Waals surface area contributed by atoms with Crippen LogP contribution in [0.1, 0.15) is 30.9 Å². The monoisotopic (exact) mass is 368 g/mol. The van der Waals surface area contributed by atoms with Crippen molar-refractivity contribution < 1.29 is 17.9 Å². The van der Waals surface area contributed by atoms with Crippen molar-refractivity contribution in [1.29, 1.82) is 0 Å². The van der Waals surface area contributed by atoms with Crippen molar-refractivity contribution in [2.24, 2.45) is 0 Å². The molecule has 0 bridgehead atoms. The predicted molar refractivity (Wildman–Crippen MR) is 98.3 cm³/mol. The Morgan fingerprint density at radius 1 is 1.20 bits per heavy atom. The Morgan fingerprint density at radius 3 is 2.60 bits per heavy atom. The fourth-order valence-electron chi connectivity index (χ4n) is 3.15. The third kappa shape index (κ3) is 5.19. The zero-order valence-corrected chi connectivity index (χ0v) is 16.1. The van der Waals surface area contributed by atoms with Gasteiger partial charge in [0, 0.05) is 26.2 Å². The molecule has 0 aromatic heterocycles. The van der Waals surface area contributed by atoms with Crippen LogP contribution in [0.5, 0.6) is 5.75 Å². The standard InChI is InChI=1S/C18H28N2O4S/c1-4-12-25(22,23)20-9-5-8-19(10-11-20)18(21)14-16-6-7-17(24-3)15(2)13-16/h6-7,13H,4-5,8-12,14H2,1-3H3. The lowest BCUT2D eigenvalue weighted by Gasteiger charge is -2.22. The Kier molecular flexibility index (Phi) is 6.84. The van der Waals surface area contributed by atoms with E-state index in [1.54, 1.807) is 12.0 Å². The summed E-state index contributed by atoms with van der Waals surface area (Å²) >= 11 is 0. The first-order valence-electron chi connectivity index (χ1n) is 8.76. The highest BCUT2D eigenvalue weighted by atomic mass is 32.2. The Morgan fingerprint density at radius 2 is 1.96 bits per heavy atom. The molecule has 1 amide bonds. The summed E-state index contributed by atoms with van der Waals surface area (Å²) in [5.41, 5.74) is 1.95. The summed E-state index contributed by atoms with van der Waals surface area (Å²) in [7, 11) is -1.57. The first-order valence-corrected chi connectivity index (χ1v) is 10.4. The number of methoxy groups -OCH3 is 1. The number of carbonyl (C=O) groups excluding carboxylic acids is 1. The van der Waals surface area contributed by atoms with Gasteiger partial charge in [0.2, 0.25) is 15.9 Å². The van der Waals surface area contributed by atoms with Gasteiger partial charge >= 0.3 is 0 Å². The summed E-state index contributed by atoms with van der Waals surface area (Å²) in [6.45, 7) is 5.75. The molecule has 7 heteroatoms. The first kappa shape index (κ1) is 19.7. The van der Waals surface area contributed by atoms with E-state index in [0.29, 0.717) is 45.4 Å². The van der Waals surface area contributed by atoms with Crippen molar-refractivity contribution in [2.75, 3.05) is 39.0 Å². The third-order valence-corrected chi connectivity index (χ3v) is 6.55. The van der Waals surface area contributed by atoms with Gasteiger partial charge in [-0.1, -0.05) is 19.1 Å². The zero-order chi connectivity index (χ0) is 18.4. The number of rotatable bonds is 6. The van der Waals surface area contributed by atoms with Gasteiger partial charge in [-0.05, 0) is 37.0 Å². The maximum atomic E-state index is 12.6. The van der Waals surface area contributed by atoms with Gasteiger partial charge in [0.15, 0.2) is 0 Å². The molecule has 6 nitrogen and oxygen atoms in total. The SMILES string of the molecule is CCCS(=O)(=O)N1CCCN(C(=O)Cc2ccc(OC)c(C)c2)CC1. The second-order valence-electron chi connectivity index (χ2n) is 6.43. The van der Waals surface area contributed by atoms with Gasteiger partial charge in [-0.2, -0.15) is 0 Å². The fraction of sp³-hybridized carbons (Fsp3) is 0.611. The maximum Gasteiger partial charge on any atom is 0.227 e. The minimum atomic E-state index is -3.20. The summed E-state index contributed by atoms with van der Waals surface area (Å²) in [5.74, 6) is 1.02. The van der Waals surface area contributed by atoms with Crippen molar-refractivity contribution in [3.63, 3.8) is 0 Å². The van der Waals surface area contributed by atoms with E-state index >= 15 is 0 Å². The number of benzene rings is 1. The summed E-state index contributed by atoms with van der Waals surface area (Å²) < 4.78 is 31.2. The molecule has 1 saturated heterocycles. The molecule has 0 N–H and O–H groups in total. The average molecular weight is 368 g/mol. The summed E-state index contributed by atoms with van der Waals surface area (Å²) in [6, 6.07) is 5.74. The van der Waals surface area contributed by atoms with Crippen molar-refractivity contribution in [1.82, 2.24) is 9.21 Å². The molecule has 1 aliphatic heterocycles. The van der Waals surface area contributed by atoms with Gasteiger partial charge in [-0.3, -0.25) is 4.79 Å². The van der Waals surface area contributed by atoms with Crippen LogP contribution in [0.3, 0.4) is 0 Å². The number of sulfonamides is 1. The van der Waals surface area contributed by atoms with E-state index in [1.807, 2.05) is 32.0 Å². The largest absolute Gasteiger partial charge is 0.496 e. The molecular formula is C18H28N2O4S. The van der Waals surface area contributed by atoms with Gasteiger partial charge in [-0.15, -0.1) is 0 Å². The molecule has 1 aliphatic rings. The van der Waals surface area contributed by atoms with E-state index in [9.17, 15) is 13.2 Å². The molecule has 140 valence electrons. The lowest BCUT2D eigenvalue weighted by molar-refractivity contribution is -0.130. The van der Waals surface area contributed by atoms with Crippen molar-refractivity contribution in [3.05, 3.63) is 29.3 Å². The van der Waals surface area contributed by atoms with E-state index in [1.165, 1.54) is 4.31 Å². The summed E-state index contributed by atoms with van der Waals surface area (Å²) in [5, 5.41) is 0. The molecule has 2 rings (SSSR count). The van der Waals surface area contributed by atoms with Gasteiger partial charge in [-0.25, -0.2) is 12.7 Å². The third-order valence-electron chi connectivity index (χ3n) is 4.48. The van der Waals surface area contributed by atoms with Gasteiger partial charge in [0.1, 0.15) is 5.75 Å². The lowest BCUT2D eigenvalue weighted by Crippen LogP contribution is -2.38. The number of hydrogen-bond acceptors (Lipinski definition) is 4. The van der Waals surface area contributed by atoms with Crippen LogP contribution < -0.4 is 4.74 Å². The van der Waals surface area contributed by atoms with E-state index < -0.39 is 10.0 Å². The van der Waals surface area contributed by atoms with Crippen molar-refractivity contribution in [3.8, 4) is 5.75 Å². The highest BCUT2D eigenvalue weighted by Gasteiger charge is 2.26. The van der Waals surface area contributed by atoms with Crippen LogP contribution in [-0.4, -0.2) is 62.6 Å². The molecule has 1 aromatic rings. The Balaban J connectivity index is 1.98. The molecule has 0 aliphatic carbocycles. The Labute approximate surface area is 150 Å². The average Bonchev–Trinajstić information content (AvgIpc) is 2.81. The number of hydrogen-bond donors (Lipinski definition) is 0. The van der Waals surface area contributed by atoms with Crippen LogP contribution in [0.4, 0.5) is 0 Å². The number of aryl methyl sites for hydroxylation is 1. The normalized spacial score (nSPS) is 16.5. The topological polar surface area (TPSA) is 66.9 Å². The summed E-state index contributed by atoms with van der Waals surface area (Å²) in [6.07, 6.45) is 1.61. The van der Waals surface area contributed by atoms with Crippen LogP contribution in [0.25, 0.3) is 0 Å². The Hall–Kier alpha value is -1.60. The zero-order valence-electron chi connectivity index (χ0n) is 15.3. The van der Waals surface area contributed by atoms with Crippen molar-refractivity contribution in [2.45, 2.75) is 33.1 Å². The lowest BCUT2D eigenvalue weighted by atomic mass is 10.1. The molecule has 1 heterocycles. The fourth-order valence-corrected chi connectivity index (χ4v) is 4.69. The van der Waals surface area contributed by atoms with Crippen LogP contribution in [0.15, 0.2) is 18.2 Å². The Bertz CT molecular complexity index is 703. The second-order valence-corrected chi connectivity index (χ2v) is 8.52. The molecule has 25 heavy (non-hydrogen) atoms. The first-order chi connectivity index (χ1) is 11.9. The van der Waals surface area contributed by atoms with E-state index in [-0.39, 0.29) is 11.7 Å². The number of amides is 1. The predicted octanol–water partition coefficient (Wildman–Crippen LogP) is 1.82. The second kappa shape index (κ2) is 8.67. The molecule has 0 saturated carbocycles. The molecule has 0 atom stereocenters. The molecule has 0 unspecified atom stereocenters. The van der Waals surface area contributed by atoms with Crippen LogP contribution >= 0.6 is 0 Å². The highest BCUT2D eigenvalue weighted by molar-refractivity contribution is 7.89. The smallest absolute Gasteiger partial charge is 0.227 e. The van der Waals surface area contributed by atoms with Gasteiger partial charge < -0.3 is 9.64 Å².